The smallest absolute Gasteiger partial charge is 0.119 e. The van der Waals surface area contributed by atoms with Crippen LogP contribution in [-0.2, 0) is 6.42 Å². The standard InChI is InChI=1S/C21H23ClO/c1-21(2)18-12-17(13-19(18)21)23-16-9-7-14(8-10-16)11-15-5-3-4-6-20(15)22/h3-10,17-19H,11-13H2,1-2H3. The summed E-state index contributed by atoms with van der Waals surface area (Å²) in [5.74, 6) is 2.76. The highest BCUT2D eigenvalue weighted by atomic mass is 35.5. The molecule has 0 amide bonds. The van der Waals surface area contributed by atoms with E-state index < -0.39 is 0 Å². The van der Waals surface area contributed by atoms with E-state index in [9.17, 15) is 0 Å². The Morgan fingerprint density at radius 2 is 1.65 bits per heavy atom. The molecule has 2 aliphatic rings. The largest absolute Gasteiger partial charge is 0.490 e. The average Bonchev–Trinajstić information content (AvgIpc) is 2.89. The minimum absolute atomic E-state index is 0.410. The first-order chi connectivity index (χ1) is 11.0. The van der Waals surface area contributed by atoms with Crippen LogP contribution in [0.15, 0.2) is 48.5 Å². The Balaban J connectivity index is 1.37. The molecule has 2 saturated carbocycles. The van der Waals surface area contributed by atoms with Gasteiger partial charge in [0, 0.05) is 5.02 Å². The van der Waals surface area contributed by atoms with Crippen molar-refractivity contribution in [2.75, 3.05) is 0 Å². The van der Waals surface area contributed by atoms with Crippen LogP contribution in [-0.4, -0.2) is 6.10 Å². The highest BCUT2D eigenvalue weighted by Crippen LogP contribution is 2.67. The second-order valence-electron chi connectivity index (χ2n) is 7.66. The van der Waals surface area contributed by atoms with Crippen molar-refractivity contribution in [3.8, 4) is 5.75 Å². The number of benzene rings is 2. The molecule has 4 rings (SSSR count). The Morgan fingerprint density at radius 1 is 1.00 bits per heavy atom. The summed E-state index contributed by atoms with van der Waals surface area (Å²) >= 11 is 6.23. The van der Waals surface area contributed by atoms with Crippen molar-refractivity contribution in [2.45, 2.75) is 39.2 Å². The van der Waals surface area contributed by atoms with Crippen LogP contribution in [0.1, 0.15) is 37.8 Å². The van der Waals surface area contributed by atoms with Crippen LogP contribution >= 0.6 is 11.6 Å². The number of halogens is 1. The summed E-state index contributed by atoms with van der Waals surface area (Å²) in [7, 11) is 0. The SMILES string of the molecule is CC1(C)C2CC(Oc3ccc(Cc4ccccc4Cl)cc3)CC21. The van der Waals surface area contributed by atoms with Gasteiger partial charge in [-0.15, -0.1) is 0 Å². The first kappa shape index (κ1) is 15.1. The average molecular weight is 327 g/mol. The number of hydrogen-bond acceptors (Lipinski definition) is 1. The van der Waals surface area contributed by atoms with E-state index in [-0.39, 0.29) is 0 Å². The second-order valence-corrected chi connectivity index (χ2v) is 8.06. The van der Waals surface area contributed by atoms with Gasteiger partial charge >= 0.3 is 0 Å². The maximum absolute atomic E-state index is 6.23. The van der Waals surface area contributed by atoms with E-state index in [1.54, 1.807) is 0 Å². The molecule has 2 fully saturated rings. The molecule has 0 aliphatic heterocycles. The lowest BCUT2D eigenvalue weighted by Crippen LogP contribution is -2.17. The lowest BCUT2D eigenvalue weighted by atomic mass is 9.99. The molecular weight excluding hydrogens is 304 g/mol. The predicted molar refractivity (Wildman–Crippen MR) is 95.1 cm³/mol. The van der Waals surface area contributed by atoms with Crippen molar-refractivity contribution in [3.05, 3.63) is 64.7 Å². The molecule has 2 atom stereocenters. The van der Waals surface area contributed by atoms with Gasteiger partial charge in [0.15, 0.2) is 0 Å². The number of hydrogen-bond donors (Lipinski definition) is 0. The van der Waals surface area contributed by atoms with E-state index in [4.69, 9.17) is 16.3 Å². The van der Waals surface area contributed by atoms with Crippen molar-refractivity contribution in [1.82, 2.24) is 0 Å². The summed E-state index contributed by atoms with van der Waals surface area (Å²) in [5, 5.41) is 0.834. The van der Waals surface area contributed by atoms with Gasteiger partial charge in [-0.05, 0) is 65.8 Å². The van der Waals surface area contributed by atoms with E-state index in [0.717, 1.165) is 29.0 Å². The summed E-state index contributed by atoms with van der Waals surface area (Å²) < 4.78 is 6.17. The van der Waals surface area contributed by atoms with Gasteiger partial charge in [-0.2, -0.15) is 0 Å². The molecule has 120 valence electrons. The van der Waals surface area contributed by atoms with Crippen LogP contribution in [0.4, 0.5) is 0 Å². The summed E-state index contributed by atoms with van der Waals surface area (Å²) in [6.45, 7) is 4.78. The van der Waals surface area contributed by atoms with Gasteiger partial charge in [0.05, 0.1) is 6.10 Å². The summed E-state index contributed by atoms with van der Waals surface area (Å²) in [5.41, 5.74) is 3.00. The third kappa shape index (κ3) is 2.87. The lowest BCUT2D eigenvalue weighted by molar-refractivity contribution is 0.175. The fraction of sp³-hybridized carbons (Fsp3) is 0.429. The minimum Gasteiger partial charge on any atom is -0.490 e. The van der Waals surface area contributed by atoms with Gasteiger partial charge in [0.1, 0.15) is 5.75 Å². The molecule has 2 heteroatoms. The predicted octanol–water partition coefficient (Wildman–Crippen LogP) is 5.74. The van der Waals surface area contributed by atoms with E-state index in [0.29, 0.717) is 11.5 Å². The maximum atomic E-state index is 6.23. The van der Waals surface area contributed by atoms with Crippen molar-refractivity contribution < 1.29 is 4.74 Å². The normalized spacial score (nSPS) is 27.5. The van der Waals surface area contributed by atoms with Crippen LogP contribution in [0, 0.1) is 17.3 Å². The maximum Gasteiger partial charge on any atom is 0.119 e. The zero-order chi connectivity index (χ0) is 16.0. The molecule has 23 heavy (non-hydrogen) atoms. The Kier molecular flexibility index (Phi) is 3.65. The summed E-state index contributed by atoms with van der Waals surface area (Å²) in [6, 6.07) is 16.5. The number of ether oxygens (including phenoxy) is 1. The molecule has 2 aliphatic carbocycles. The third-order valence-corrected chi connectivity index (χ3v) is 6.27. The fourth-order valence-corrected chi connectivity index (χ4v) is 4.49. The molecule has 2 aromatic carbocycles. The highest BCUT2D eigenvalue weighted by molar-refractivity contribution is 6.31. The monoisotopic (exact) mass is 326 g/mol. The first-order valence-corrected chi connectivity index (χ1v) is 8.91. The minimum atomic E-state index is 0.410. The van der Waals surface area contributed by atoms with Gasteiger partial charge in [0.2, 0.25) is 0 Å². The van der Waals surface area contributed by atoms with Gasteiger partial charge in [-0.3, -0.25) is 0 Å². The van der Waals surface area contributed by atoms with Gasteiger partial charge < -0.3 is 4.74 Å². The van der Waals surface area contributed by atoms with Crippen LogP contribution in [0.2, 0.25) is 5.02 Å². The first-order valence-electron chi connectivity index (χ1n) is 8.53. The van der Waals surface area contributed by atoms with E-state index in [1.165, 1.54) is 24.0 Å². The molecule has 0 N–H and O–H groups in total. The molecule has 1 nitrogen and oxygen atoms in total. The van der Waals surface area contributed by atoms with Gasteiger partial charge in [-0.25, -0.2) is 0 Å². The van der Waals surface area contributed by atoms with E-state index >= 15 is 0 Å². The van der Waals surface area contributed by atoms with E-state index in [2.05, 4.69) is 44.2 Å². The molecule has 0 saturated heterocycles. The van der Waals surface area contributed by atoms with Crippen molar-refractivity contribution >= 4 is 11.6 Å². The molecule has 0 aromatic heterocycles. The molecule has 0 spiro atoms. The second kappa shape index (κ2) is 5.56. The zero-order valence-electron chi connectivity index (χ0n) is 13.8. The lowest BCUT2D eigenvalue weighted by Gasteiger charge is -2.19. The van der Waals surface area contributed by atoms with Crippen molar-refractivity contribution in [1.29, 1.82) is 0 Å². The zero-order valence-corrected chi connectivity index (χ0v) is 14.5. The Bertz CT molecular complexity index is 690. The molecule has 0 bridgehead atoms. The quantitative estimate of drug-likeness (QED) is 0.695. The summed E-state index contributed by atoms with van der Waals surface area (Å²) in [6.07, 6.45) is 3.72. The summed E-state index contributed by atoms with van der Waals surface area (Å²) in [4.78, 5) is 0. The number of rotatable bonds is 4. The van der Waals surface area contributed by atoms with Gasteiger partial charge in [0.25, 0.3) is 0 Å². The van der Waals surface area contributed by atoms with E-state index in [1.807, 2.05) is 18.2 Å². The molecule has 0 heterocycles. The third-order valence-electron chi connectivity index (χ3n) is 5.90. The van der Waals surface area contributed by atoms with Crippen molar-refractivity contribution in [2.24, 2.45) is 17.3 Å². The molecule has 2 unspecified atom stereocenters. The molecule has 2 aromatic rings. The number of fused-ring (bicyclic) bond motifs is 1. The van der Waals surface area contributed by atoms with Gasteiger partial charge in [-0.1, -0.05) is 55.8 Å². The fourth-order valence-electron chi connectivity index (χ4n) is 4.29. The molecular formula is C21H23ClO. The van der Waals surface area contributed by atoms with Crippen LogP contribution in [0.5, 0.6) is 5.75 Å². The van der Waals surface area contributed by atoms with Crippen LogP contribution in [0.25, 0.3) is 0 Å². The van der Waals surface area contributed by atoms with Crippen LogP contribution in [0.3, 0.4) is 0 Å². The Hall–Kier alpha value is -1.47. The highest BCUT2D eigenvalue weighted by Gasteiger charge is 2.62. The Morgan fingerprint density at radius 3 is 2.30 bits per heavy atom. The topological polar surface area (TPSA) is 9.23 Å². The van der Waals surface area contributed by atoms with Crippen LogP contribution < -0.4 is 4.74 Å². The van der Waals surface area contributed by atoms with Crippen molar-refractivity contribution in [3.63, 3.8) is 0 Å². The Labute approximate surface area is 143 Å². The molecule has 0 radical (unpaired) electrons.